The van der Waals surface area contributed by atoms with E-state index in [1.165, 1.54) is 11.1 Å². The molecule has 3 heterocycles. The number of aromatic nitrogens is 1. The number of hydrogen-bond acceptors (Lipinski definition) is 5. The second-order valence-corrected chi connectivity index (χ2v) is 8.16. The van der Waals surface area contributed by atoms with Gasteiger partial charge in [0.25, 0.3) is 0 Å². The van der Waals surface area contributed by atoms with Crippen LogP contribution in [-0.4, -0.2) is 71.0 Å². The summed E-state index contributed by atoms with van der Waals surface area (Å²) >= 11 is 0. The van der Waals surface area contributed by atoms with Crippen molar-refractivity contribution in [2.24, 2.45) is 4.99 Å². The maximum Gasteiger partial charge on any atom is 0.222 e. The normalized spacial score (nSPS) is 18.1. The molecule has 0 bridgehead atoms. The van der Waals surface area contributed by atoms with Gasteiger partial charge in [-0.05, 0) is 24.5 Å². The summed E-state index contributed by atoms with van der Waals surface area (Å²) in [5.41, 5.74) is 3.33. The Bertz CT molecular complexity index is 857. The number of hydrogen-bond donors (Lipinski definition) is 1. The SMILES string of the molecule is CCNC(=NCc1ccc(CN2CCCC2=O)cc1)N1CCN(Cc2ccon2)CC1. The number of carbonyl (C=O) groups is 1. The second-order valence-electron chi connectivity index (χ2n) is 8.16. The van der Waals surface area contributed by atoms with E-state index in [4.69, 9.17) is 9.52 Å². The Kier molecular flexibility index (Phi) is 7.19. The van der Waals surface area contributed by atoms with Gasteiger partial charge in [-0.3, -0.25) is 9.69 Å². The molecule has 2 aliphatic heterocycles. The van der Waals surface area contributed by atoms with Crippen molar-refractivity contribution >= 4 is 11.9 Å². The summed E-state index contributed by atoms with van der Waals surface area (Å²) in [6.45, 7) is 9.83. The van der Waals surface area contributed by atoms with Crippen molar-refractivity contribution in [1.29, 1.82) is 0 Å². The van der Waals surface area contributed by atoms with Crippen molar-refractivity contribution in [3.8, 4) is 0 Å². The minimum Gasteiger partial charge on any atom is -0.364 e. The number of piperazine rings is 1. The smallest absolute Gasteiger partial charge is 0.222 e. The zero-order valence-electron chi connectivity index (χ0n) is 18.3. The highest BCUT2D eigenvalue weighted by Crippen LogP contribution is 2.15. The van der Waals surface area contributed by atoms with Gasteiger partial charge in [0.05, 0.1) is 12.2 Å². The maximum atomic E-state index is 11.8. The average Bonchev–Trinajstić information content (AvgIpc) is 3.45. The molecule has 8 heteroatoms. The molecule has 1 N–H and O–H groups in total. The summed E-state index contributed by atoms with van der Waals surface area (Å²) in [5, 5.41) is 7.44. The van der Waals surface area contributed by atoms with Gasteiger partial charge in [0.1, 0.15) is 6.26 Å². The van der Waals surface area contributed by atoms with Gasteiger partial charge in [-0.15, -0.1) is 0 Å². The molecule has 8 nitrogen and oxygen atoms in total. The number of benzene rings is 1. The van der Waals surface area contributed by atoms with Crippen LogP contribution in [0.5, 0.6) is 0 Å². The number of nitrogens with one attached hydrogen (secondary N) is 1. The first kappa shape index (κ1) is 21.4. The van der Waals surface area contributed by atoms with Gasteiger partial charge in [-0.2, -0.15) is 0 Å². The van der Waals surface area contributed by atoms with Crippen LogP contribution in [0, 0.1) is 0 Å². The third-order valence-corrected chi connectivity index (χ3v) is 5.86. The number of nitrogens with zero attached hydrogens (tertiary/aromatic N) is 5. The second kappa shape index (κ2) is 10.4. The van der Waals surface area contributed by atoms with E-state index in [2.05, 4.69) is 51.5 Å². The topological polar surface area (TPSA) is 77.2 Å². The Morgan fingerprint density at radius 1 is 1.06 bits per heavy atom. The molecular formula is C23H32N6O2. The molecule has 0 saturated carbocycles. The van der Waals surface area contributed by atoms with Crippen LogP contribution in [0.25, 0.3) is 0 Å². The Morgan fingerprint density at radius 2 is 1.84 bits per heavy atom. The molecular weight excluding hydrogens is 392 g/mol. The zero-order valence-corrected chi connectivity index (χ0v) is 18.3. The molecule has 0 atom stereocenters. The van der Waals surface area contributed by atoms with E-state index in [1.54, 1.807) is 6.26 Å². The molecule has 2 saturated heterocycles. The first-order valence-corrected chi connectivity index (χ1v) is 11.2. The minimum absolute atomic E-state index is 0.269. The summed E-state index contributed by atoms with van der Waals surface area (Å²) in [6, 6.07) is 10.4. The van der Waals surface area contributed by atoms with E-state index in [-0.39, 0.29) is 5.91 Å². The standard InChI is InChI=1S/C23H32N6O2/c1-2-24-23(28-13-11-27(12-14-28)18-21-9-15-31-26-21)25-16-19-5-7-20(8-6-19)17-29-10-3-4-22(29)30/h5-9,15H,2-4,10-14,16-18H2,1H3,(H,24,25). The Balaban J connectivity index is 1.30. The Morgan fingerprint density at radius 3 is 2.48 bits per heavy atom. The van der Waals surface area contributed by atoms with Crippen LogP contribution >= 0.6 is 0 Å². The fraction of sp³-hybridized carbons (Fsp3) is 0.522. The Labute approximate surface area is 183 Å². The van der Waals surface area contributed by atoms with Gasteiger partial charge >= 0.3 is 0 Å². The van der Waals surface area contributed by atoms with Crippen molar-refractivity contribution in [2.45, 2.75) is 39.4 Å². The number of amides is 1. The summed E-state index contributed by atoms with van der Waals surface area (Å²) in [6.07, 6.45) is 3.29. The van der Waals surface area contributed by atoms with Crippen LogP contribution in [0.3, 0.4) is 0 Å². The summed E-state index contributed by atoms with van der Waals surface area (Å²) < 4.78 is 4.93. The third-order valence-electron chi connectivity index (χ3n) is 5.86. The molecule has 1 amide bonds. The van der Waals surface area contributed by atoms with Gasteiger partial charge in [0.15, 0.2) is 5.96 Å². The maximum absolute atomic E-state index is 11.8. The van der Waals surface area contributed by atoms with E-state index < -0.39 is 0 Å². The molecule has 31 heavy (non-hydrogen) atoms. The minimum atomic E-state index is 0.269. The number of likely N-dealkylation sites (tertiary alicyclic amines) is 1. The lowest BCUT2D eigenvalue weighted by molar-refractivity contribution is -0.128. The van der Waals surface area contributed by atoms with Crippen molar-refractivity contribution in [1.82, 2.24) is 25.2 Å². The largest absolute Gasteiger partial charge is 0.364 e. The Hall–Kier alpha value is -2.87. The molecule has 2 aliphatic rings. The molecule has 0 unspecified atom stereocenters. The molecule has 2 aromatic rings. The van der Waals surface area contributed by atoms with Gasteiger partial charge in [-0.25, -0.2) is 4.99 Å². The third kappa shape index (κ3) is 5.85. The van der Waals surface area contributed by atoms with Gasteiger partial charge in [0, 0.05) is 64.8 Å². The van der Waals surface area contributed by atoms with E-state index in [0.717, 1.165) is 63.9 Å². The zero-order chi connectivity index (χ0) is 21.5. The van der Waals surface area contributed by atoms with Crippen LogP contribution in [0.1, 0.15) is 36.6 Å². The predicted octanol–water partition coefficient (Wildman–Crippen LogP) is 2.08. The lowest BCUT2D eigenvalue weighted by atomic mass is 10.1. The first-order valence-electron chi connectivity index (χ1n) is 11.2. The van der Waals surface area contributed by atoms with E-state index in [9.17, 15) is 4.79 Å². The van der Waals surface area contributed by atoms with E-state index >= 15 is 0 Å². The first-order chi connectivity index (χ1) is 15.2. The van der Waals surface area contributed by atoms with Crippen molar-refractivity contribution in [2.75, 3.05) is 39.3 Å². The van der Waals surface area contributed by atoms with Crippen LogP contribution in [-0.2, 0) is 24.4 Å². The van der Waals surface area contributed by atoms with Crippen LogP contribution in [0.15, 0.2) is 46.1 Å². The summed E-state index contributed by atoms with van der Waals surface area (Å²) in [7, 11) is 0. The molecule has 0 spiro atoms. The molecule has 1 aromatic heterocycles. The average molecular weight is 425 g/mol. The van der Waals surface area contributed by atoms with Crippen molar-refractivity contribution < 1.29 is 9.32 Å². The summed E-state index contributed by atoms with van der Waals surface area (Å²) in [5.74, 6) is 1.24. The quantitative estimate of drug-likeness (QED) is 0.542. The molecule has 4 rings (SSSR count). The predicted molar refractivity (Wildman–Crippen MR) is 119 cm³/mol. The molecule has 166 valence electrons. The summed E-state index contributed by atoms with van der Waals surface area (Å²) in [4.78, 5) is 23.4. The van der Waals surface area contributed by atoms with Crippen molar-refractivity contribution in [3.63, 3.8) is 0 Å². The lowest BCUT2D eigenvalue weighted by Crippen LogP contribution is -2.52. The van der Waals surface area contributed by atoms with Crippen LogP contribution in [0.2, 0.25) is 0 Å². The fourth-order valence-corrected chi connectivity index (χ4v) is 4.10. The highest BCUT2D eigenvalue weighted by atomic mass is 16.5. The van der Waals surface area contributed by atoms with Crippen molar-refractivity contribution in [3.05, 3.63) is 53.4 Å². The van der Waals surface area contributed by atoms with Gasteiger partial charge in [-0.1, -0.05) is 29.4 Å². The highest BCUT2D eigenvalue weighted by Gasteiger charge is 2.21. The lowest BCUT2D eigenvalue weighted by Gasteiger charge is -2.36. The van der Waals surface area contributed by atoms with Gasteiger partial charge in [0.2, 0.25) is 5.91 Å². The van der Waals surface area contributed by atoms with E-state index in [0.29, 0.717) is 19.5 Å². The number of rotatable bonds is 7. The van der Waals surface area contributed by atoms with Crippen LogP contribution < -0.4 is 5.32 Å². The molecule has 2 fully saturated rings. The number of guanidine groups is 1. The fourth-order valence-electron chi connectivity index (χ4n) is 4.10. The molecule has 1 aromatic carbocycles. The molecule has 0 aliphatic carbocycles. The monoisotopic (exact) mass is 424 g/mol. The van der Waals surface area contributed by atoms with E-state index in [1.807, 2.05) is 11.0 Å². The van der Waals surface area contributed by atoms with Crippen LogP contribution in [0.4, 0.5) is 0 Å². The number of aliphatic imine (C=N–C) groups is 1. The number of carbonyl (C=O) groups excluding carboxylic acids is 1. The molecule has 0 radical (unpaired) electrons. The van der Waals surface area contributed by atoms with Gasteiger partial charge < -0.3 is 19.6 Å². The highest BCUT2D eigenvalue weighted by molar-refractivity contribution is 5.80.